The second-order valence-corrected chi connectivity index (χ2v) is 3.68. The van der Waals surface area contributed by atoms with Crippen LogP contribution in [0.2, 0.25) is 0 Å². The van der Waals surface area contributed by atoms with Crippen molar-refractivity contribution in [2.75, 3.05) is 11.9 Å². The fourth-order valence-electron chi connectivity index (χ4n) is 1.38. The molecule has 2 rings (SSSR count). The van der Waals surface area contributed by atoms with Crippen molar-refractivity contribution < 1.29 is 0 Å². The average molecular weight is 194 g/mol. The van der Waals surface area contributed by atoms with Crippen LogP contribution in [0.4, 0.5) is 5.82 Å². The van der Waals surface area contributed by atoms with Crippen LogP contribution in [0.15, 0.2) is 17.2 Å². The molecule has 1 atom stereocenters. The molecular weight excluding hydrogens is 180 g/mol. The van der Waals surface area contributed by atoms with Gasteiger partial charge < -0.3 is 16.0 Å². The van der Waals surface area contributed by atoms with E-state index in [-0.39, 0.29) is 11.6 Å². The molecule has 1 aliphatic rings. The van der Waals surface area contributed by atoms with Gasteiger partial charge in [-0.3, -0.25) is 4.79 Å². The van der Waals surface area contributed by atoms with Crippen molar-refractivity contribution in [3.8, 4) is 0 Å². The maximum Gasteiger partial charge on any atom is 0.252 e. The van der Waals surface area contributed by atoms with Crippen molar-refractivity contribution in [1.82, 2.24) is 9.97 Å². The summed E-state index contributed by atoms with van der Waals surface area (Å²) in [6, 6.07) is 1.61. The van der Waals surface area contributed by atoms with E-state index in [4.69, 9.17) is 5.73 Å². The Labute approximate surface area is 81.7 Å². The molecule has 0 aliphatic heterocycles. The molecule has 1 aliphatic carbocycles. The van der Waals surface area contributed by atoms with Gasteiger partial charge in [0.2, 0.25) is 0 Å². The lowest BCUT2D eigenvalue weighted by Gasteiger charge is -2.11. The summed E-state index contributed by atoms with van der Waals surface area (Å²) in [6.07, 6.45) is 3.84. The summed E-state index contributed by atoms with van der Waals surface area (Å²) >= 11 is 0. The van der Waals surface area contributed by atoms with Crippen molar-refractivity contribution in [3.63, 3.8) is 0 Å². The van der Waals surface area contributed by atoms with E-state index in [2.05, 4.69) is 15.3 Å². The summed E-state index contributed by atoms with van der Waals surface area (Å²) in [5.41, 5.74) is 5.74. The van der Waals surface area contributed by atoms with Gasteiger partial charge in [-0.15, -0.1) is 0 Å². The first kappa shape index (κ1) is 9.21. The Hall–Kier alpha value is -1.36. The van der Waals surface area contributed by atoms with Crippen molar-refractivity contribution in [2.24, 2.45) is 11.7 Å². The lowest BCUT2D eigenvalue weighted by molar-refractivity contribution is 0.620. The van der Waals surface area contributed by atoms with Crippen LogP contribution in [0.1, 0.15) is 12.8 Å². The van der Waals surface area contributed by atoms with Gasteiger partial charge in [0, 0.05) is 18.7 Å². The SMILES string of the molecule is NC(CNc1cc(=O)[nH]cn1)C1CC1. The van der Waals surface area contributed by atoms with Gasteiger partial charge in [-0.25, -0.2) is 4.98 Å². The molecule has 1 fully saturated rings. The first-order valence-corrected chi connectivity index (χ1v) is 4.80. The largest absolute Gasteiger partial charge is 0.368 e. The van der Waals surface area contributed by atoms with E-state index >= 15 is 0 Å². The van der Waals surface area contributed by atoms with Gasteiger partial charge in [-0.2, -0.15) is 0 Å². The van der Waals surface area contributed by atoms with Crippen molar-refractivity contribution in [2.45, 2.75) is 18.9 Å². The molecular formula is C9H14N4O. The molecule has 1 aromatic heterocycles. The zero-order valence-electron chi connectivity index (χ0n) is 7.86. The molecule has 0 bridgehead atoms. The molecule has 5 heteroatoms. The summed E-state index contributed by atoms with van der Waals surface area (Å²) < 4.78 is 0. The van der Waals surface area contributed by atoms with Crippen LogP contribution < -0.4 is 16.6 Å². The normalized spacial score (nSPS) is 17.8. The monoisotopic (exact) mass is 194 g/mol. The molecule has 5 nitrogen and oxygen atoms in total. The highest BCUT2D eigenvalue weighted by atomic mass is 16.1. The Morgan fingerprint density at radius 1 is 1.71 bits per heavy atom. The van der Waals surface area contributed by atoms with Gasteiger partial charge in [0.25, 0.3) is 5.56 Å². The number of aromatic nitrogens is 2. The Kier molecular flexibility index (Phi) is 2.49. The minimum atomic E-state index is -0.150. The summed E-state index contributed by atoms with van der Waals surface area (Å²) in [7, 11) is 0. The number of aromatic amines is 1. The van der Waals surface area contributed by atoms with Crippen molar-refractivity contribution in [3.05, 3.63) is 22.7 Å². The quantitative estimate of drug-likeness (QED) is 0.626. The standard InChI is InChI=1S/C9H14N4O/c10-7(6-1-2-6)4-11-8-3-9(14)13-5-12-8/h3,5-7H,1-2,4,10H2,(H2,11,12,13,14). The molecule has 14 heavy (non-hydrogen) atoms. The fraction of sp³-hybridized carbons (Fsp3) is 0.556. The number of H-pyrrole nitrogens is 1. The van der Waals surface area contributed by atoms with Gasteiger partial charge in [-0.1, -0.05) is 0 Å². The Morgan fingerprint density at radius 2 is 2.50 bits per heavy atom. The first-order valence-electron chi connectivity index (χ1n) is 4.80. The Morgan fingerprint density at radius 3 is 3.14 bits per heavy atom. The predicted molar refractivity (Wildman–Crippen MR) is 54.0 cm³/mol. The van der Waals surface area contributed by atoms with Crippen LogP contribution >= 0.6 is 0 Å². The van der Waals surface area contributed by atoms with Crippen LogP contribution in [0.25, 0.3) is 0 Å². The number of nitrogens with zero attached hydrogens (tertiary/aromatic N) is 1. The highest BCUT2D eigenvalue weighted by molar-refractivity contribution is 5.31. The van der Waals surface area contributed by atoms with E-state index in [9.17, 15) is 4.79 Å². The molecule has 1 unspecified atom stereocenters. The summed E-state index contributed by atoms with van der Waals surface area (Å²) in [5, 5.41) is 3.05. The van der Waals surface area contributed by atoms with E-state index in [0.29, 0.717) is 18.3 Å². The highest BCUT2D eigenvalue weighted by Crippen LogP contribution is 2.31. The van der Waals surface area contributed by atoms with Gasteiger partial charge in [0.05, 0.1) is 6.33 Å². The average Bonchev–Trinajstić information content (AvgIpc) is 2.97. The fourth-order valence-corrected chi connectivity index (χ4v) is 1.38. The number of hydrogen-bond donors (Lipinski definition) is 3. The van der Waals surface area contributed by atoms with Crippen LogP contribution in [0.5, 0.6) is 0 Å². The Balaban J connectivity index is 1.87. The first-order chi connectivity index (χ1) is 6.75. The van der Waals surface area contributed by atoms with Crippen molar-refractivity contribution >= 4 is 5.82 Å². The molecule has 0 saturated heterocycles. The Bertz CT molecular complexity index is 358. The molecule has 1 heterocycles. The zero-order chi connectivity index (χ0) is 9.97. The minimum Gasteiger partial charge on any atom is -0.368 e. The van der Waals surface area contributed by atoms with Gasteiger partial charge in [-0.05, 0) is 18.8 Å². The molecule has 1 aromatic rings. The summed E-state index contributed by atoms with van der Waals surface area (Å²) in [6.45, 7) is 0.682. The third-order valence-corrected chi connectivity index (χ3v) is 2.42. The van der Waals surface area contributed by atoms with E-state index in [0.717, 1.165) is 0 Å². The lowest BCUT2D eigenvalue weighted by Crippen LogP contribution is -2.31. The predicted octanol–water partition coefficient (Wildman–Crippen LogP) is -0.0809. The number of nitrogens with one attached hydrogen (secondary N) is 2. The molecule has 0 aromatic carbocycles. The lowest BCUT2D eigenvalue weighted by atomic mass is 10.2. The summed E-state index contributed by atoms with van der Waals surface area (Å²) in [4.78, 5) is 17.3. The van der Waals surface area contributed by atoms with E-state index in [1.165, 1.54) is 25.2 Å². The molecule has 0 spiro atoms. The van der Waals surface area contributed by atoms with E-state index in [1.54, 1.807) is 0 Å². The third kappa shape index (κ3) is 2.32. The zero-order valence-corrected chi connectivity index (χ0v) is 7.86. The number of rotatable bonds is 4. The van der Waals surface area contributed by atoms with Gasteiger partial charge in [0.1, 0.15) is 5.82 Å². The molecule has 1 saturated carbocycles. The highest BCUT2D eigenvalue weighted by Gasteiger charge is 2.27. The number of hydrogen-bond acceptors (Lipinski definition) is 4. The second kappa shape index (κ2) is 3.79. The third-order valence-electron chi connectivity index (χ3n) is 2.42. The van der Waals surface area contributed by atoms with E-state index < -0.39 is 0 Å². The van der Waals surface area contributed by atoms with Gasteiger partial charge in [0.15, 0.2) is 0 Å². The van der Waals surface area contributed by atoms with Crippen LogP contribution in [-0.2, 0) is 0 Å². The molecule has 76 valence electrons. The van der Waals surface area contributed by atoms with Crippen LogP contribution in [0, 0.1) is 5.92 Å². The van der Waals surface area contributed by atoms with E-state index in [1.807, 2.05) is 0 Å². The van der Waals surface area contributed by atoms with Crippen LogP contribution in [-0.4, -0.2) is 22.6 Å². The number of nitrogens with two attached hydrogens (primary N) is 1. The molecule has 4 N–H and O–H groups in total. The molecule has 0 radical (unpaired) electrons. The minimum absolute atomic E-state index is 0.150. The maximum atomic E-state index is 10.9. The summed E-state index contributed by atoms with van der Waals surface area (Å²) in [5.74, 6) is 1.24. The number of anilines is 1. The second-order valence-electron chi connectivity index (χ2n) is 3.68. The topological polar surface area (TPSA) is 83.8 Å². The van der Waals surface area contributed by atoms with Crippen molar-refractivity contribution in [1.29, 1.82) is 0 Å². The maximum absolute atomic E-state index is 10.9. The smallest absolute Gasteiger partial charge is 0.252 e. The molecule has 0 amide bonds. The van der Waals surface area contributed by atoms with Crippen LogP contribution in [0.3, 0.4) is 0 Å². The van der Waals surface area contributed by atoms with Gasteiger partial charge >= 0.3 is 0 Å².